The summed E-state index contributed by atoms with van der Waals surface area (Å²) in [5, 5.41) is 17.1. The molecule has 1 amide bonds. The molecule has 1 aromatic heterocycles. The number of aryl methyl sites for hydroxylation is 1. The number of likely N-dealkylation sites (tertiary alicyclic amines) is 1. The van der Waals surface area contributed by atoms with Crippen molar-refractivity contribution in [3.63, 3.8) is 0 Å². The van der Waals surface area contributed by atoms with Crippen LogP contribution in [0.5, 0.6) is 5.88 Å². The second-order valence-electron chi connectivity index (χ2n) is 6.51. The maximum absolute atomic E-state index is 12.3. The minimum absolute atomic E-state index is 0.0282. The van der Waals surface area contributed by atoms with E-state index in [9.17, 15) is 4.79 Å². The van der Waals surface area contributed by atoms with E-state index in [4.69, 9.17) is 14.6 Å². The zero-order valence-corrected chi connectivity index (χ0v) is 15.8. The molecule has 2 heterocycles. The molecule has 26 heavy (non-hydrogen) atoms. The van der Waals surface area contributed by atoms with Crippen molar-refractivity contribution in [1.29, 1.82) is 0 Å². The van der Waals surface area contributed by atoms with Gasteiger partial charge in [0, 0.05) is 19.1 Å². The second-order valence-corrected chi connectivity index (χ2v) is 6.51. The summed E-state index contributed by atoms with van der Waals surface area (Å²) >= 11 is 0. The Hall–Kier alpha value is -2.20. The fraction of sp³-hybridized carbons (Fsp3) is 0.750. The standard InChI is InChI=1S/C15H27N5O3.CH2O2/c1-11-15(18-23-17-11)22-8-7-16-14(21)12-5-6-13(19(2)3)10-20(4)9-12;2-1-3/h12-13H,5-10H2,1-4H3,(H,16,21);1H,(H,2,3)/t12-,13+;/m1./s1. The molecule has 0 bridgehead atoms. The maximum atomic E-state index is 12.3. The molecule has 1 saturated heterocycles. The quantitative estimate of drug-likeness (QED) is 0.519. The summed E-state index contributed by atoms with van der Waals surface area (Å²) in [6.45, 7) is 4.10. The van der Waals surface area contributed by atoms with E-state index in [1.807, 2.05) is 0 Å². The summed E-state index contributed by atoms with van der Waals surface area (Å²) in [5.74, 6) is 0.498. The van der Waals surface area contributed by atoms with Gasteiger partial charge in [0.25, 0.3) is 12.4 Å². The van der Waals surface area contributed by atoms with E-state index in [2.05, 4.69) is 51.2 Å². The van der Waals surface area contributed by atoms with Gasteiger partial charge in [-0.1, -0.05) is 5.16 Å². The lowest BCUT2D eigenvalue weighted by atomic mass is 10.0. The third-order valence-corrected chi connectivity index (χ3v) is 4.25. The van der Waals surface area contributed by atoms with Gasteiger partial charge in [-0.15, -0.1) is 0 Å². The number of nitrogens with one attached hydrogen (secondary N) is 1. The summed E-state index contributed by atoms with van der Waals surface area (Å²) in [4.78, 5) is 25.2. The van der Waals surface area contributed by atoms with Crippen LogP contribution in [0.25, 0.3) is 0 Å². The number of ether oxygens (including phenoxy) is 1. The molecule has 1 aliphatic heterocycles. The van der Waals surface area contributed by atoms with Gasteiger partial charge in [-0.05, 0) is 46.1 Å². The molecular weight excluding hydrogens is 342 g/mol. The number of rotatable bonds is 6. The Morgan fingerprint density at radius 1 is 1.42 bits per heavy atom. The van der Waals surface area contributed by atoms with Crippen molar-refractivity contribution in [2.75, 3.05) is 47.4 Å². The second kappa shape index (κ2) is 11.4. The van der Waals surface area contributed by atoms with Crippen LogP contribution in [0, 0.1) is 12.8 Å². The molecule has 0 aromatic carbocycles. The van der Waals surface area contributed by atoms with Crippen molar-refractivity contribution in [3.05, 3.63) is 5.69 Å². The van der Waals surface area contributed by atoms with Crippen molar-refractivity contribution in [3.8, 4) is 5.88 Å². The SMILES string of the molecule is Cc1nonc1OCCNC(=O)[C@@H]1CC[C@H](N(C)C)CN(C)C1.O=CO. The minimum atomic E-state index is -0.250. The summed E-state index contributed by atoms with van der Waals surface area (Å²) in [7, 11) is 6.26. The van der Waals surface area contributed by atoms with Crippen molar-refractivity contribution in [1.82, 2.24) is 25.4 Å². The normalized spacial score (nSPS) is 20.7. The Bertz CT molecular complexity index is 551. The van der Waals surface area contributed by atoms with E-state index in [-0.39, 0.29) is 18.3 Å². The molecule has 1 aromatic rings. The maximum Gasteiger partial charge on any atom is 0.290 e. The van der Waals surface area contributed by atoms with Gasteiger partial charge >= 0.3 is 0 Å². The highest BCUT2D eigenvalue weighted by molar-refractivity contribution is 5.78. The lowest BCUT2D eigenvalue weighted by Crippen LogP contribution is -2.39. The van der Waals surface area contributed by atoms with Crippen LogP contribution in [0.4, 0.5) is 0 Å². The number of carboxylic acid groups (broad SMARTS) is 1. The Morgan fingerprint density at radius 2 is 2.12 bits per heavy atom. The first-order chi connectivity index (χ1) is 12.4. The number of hydrogen-bond donors (Lipinski definition) is 2. The molecule has 0 saturated carbocycles. The number of aromatic nitrogens is 2. The predicted molar refractivity (Wildman–Crippen MR) is 93.9 cm³/mol. The van der Waals surface area contributed by atoms with Crippen LogP contribution in [-0.2, 0) is 9.59 Å². The molecule has 0 unspecified atom stereocenters. The van der Waals surface area contributed by atoms with Crippen molar-refractivity contribution >= 4 is 12.4 Å². The van der Waals surface area contributed by atoms with E-state index >= 15 is 0 Å². The Morgan fingerprint density at radius 3 is 2.69 bits per heavy atom. The average Bonchev–Trinajstić information content (AvgIpc) is 2.87. The molecule has 0 aliphatic carbocycles. The van der Waals surface area contributed by atoms with E-state index in [1.165, 1.54) is 0 Å². The fourth-order valence-corrected chi connectivity index (χ4v) is 2.84. The highest BCUT2D eigenvalue weighted by atomic mass is 16.6. The fourth-order valence-electron chi connectivity index (χ4n) is 2.84. The van der Waals surface area contributed by atoms with Gasteiger partial charge in [0.05, 0.1) is 12.5 Å². The first kappa shape index (κ1) is 21.8. The first-order valence-corrected chi connectivity index (χ1v) is 8.51. The van der Waals surface area contributed by atoms with Gasteiger partial charge in [-0.3, -0.25) is 9.59 Å². The summed E-state index contributed by atoms with van der Waals surface area (Å²) in [6.07, 6.45) is 1.95. The van der Waals surface area contributed by atoms with E-state index in [1.54, 1.807) is 6.92 Å². The van der Waals surface area contributed by atoms with Crippen LogP contribution in [-0.4, -0.2) is 91.0 Å². The monoisotopic (exact) mass is 371 g/mol. The third-order valence-electron chi connectivity index (χ3n) is 4.25. The molecule has 2 rings (SSSR count). The largest absolute Gasteiger partial charge is 0.483 e. The summed E-state index contributed by atoms with van der Waals surface area (Å²) < 4.78 is 9.96. The molecule has 0 radical (unpaired) electrons. The van der Waals surface area contributed by atoms with Gasteiger partial charge in [-0.2, -0.15) is 0 Å². The van der Waals surface area contributed by atoms with Crippen LogP contribution < -0.4 is 10.1 Å². The van der Waals surface area contributed by atoms with Crippen LogP contribution in [0.2, 0.25) is 0 Å². The van der Waals surface area contributed by atoms with Gasteiger partial charge in [0.2, 0.25) is 5.91 Å². The van der Waals surface area contributed by atoms with Crippen molar-refractivity contribution in [2.24, 2.45) is 5.92 Å². The number of carbonyl (C=O) groups excluding carboxylic acids is 1. The third kappa shape index (κ3) is 7.36. The van der Waals surface area contributed by atoms with Gasteiger partial charge in [-0.25, -0.2) is 4.63 Å². The molecule has 10 nitrogen and oxygen atoms in total. The number of amides is 1. The van der Waals surface area contributed by atoms with Crippen LogP contribution in [0.15, 0.2) is 4.63 Å². The molecule has 0 spiro atoms. The van der Waals surface area contributed by atoms with Crippen LogP contribution >= 0.6 is 0 Å². The summed E-state index contributed by atoms with van der Waals surface area (Å²) in [5.41, 5.74) is 0.608. The van der Waals surface area contributed by atoms with E-state index in [0.717, 1.165) is 25.9 Å². The molecule has 1 fully saturated rings. The van der Waals surface area contributed by atoms with Gasteiger partial charge < -0.3 is 25.0 Å². The number of hydrogen-bond acceptors (Lipinski definition) is 8. The smallest absolute Gasteiger partial charge is 0.290 e. The lowest BCUT2D eigenvalue weighted by Gasteiger charge is -2.25. The highest BCUT2D eigenvalue weighted by Crippen LogP contribution is 2.18. The van der Waals surface area contributed by atoms with Gasteiger partial charge in [0.15, 0.2) is 0 Å². The molecule has 2 atom stereocenters. The van der Waals surface area contributed by atoms with Gasteiger partial charge in [0.1, 0.15) is 12.3 Å². The zero-order chi connectivity index (χ0) is 19.5. The number of nitrogens with zero attached hydrogens (tertiary/aromatic N) is 4. The predicted octanol–water partition coefficient (Wildman–Crippen LogP) is -0.154. The molecule has 2 N–H and O–H groups in total. The lowest BCUT2D eigenvalue weighted by molar-refractivity contribution is -0.125. The highest BCUT2D eigenvalue weighted by Gasteiger charge is 2.27. The molecular formula is C16H29N5O5. The average molecular weight is 371 g/mol. The molecule has 1 aliphatic rings. The zero-order valence-electron chi connectivity index (χ0n) is 15.8. The van der Waals surface area contributed by atoms with Crippen molar-refractivity contribution < 1.29 is 24.1 Å². The Labute approximate surface area is 153 Å². The number of likely N-dealkylation sites (N-methyl/N-ethyl adjacent to an activating group) is 2. The van der Waals surface area contributed by atoms with Crippen molar-refractivity contribution in [2.45, 2.75) is 25.8 Å². The topological polar surface area (TPSA) is 121 Å². The number of carbonyl (C=O) groups is 2. The minimum Gasteiger partial charge on any atom is -0.483 e. The Kier molecular flexibility index (Phi) is 9.60. The molecule has 148 valence electrons. The first-order valence-electron chi connectivity index (χ1n) is 8.51. The summed E-state index contributed by atoms with van der Waals surface area (Å²) in [6, 6.07) is 0.503. The van der Waals surface area contributed by atoms with Crippen LogP contribution in [0.3, 0.4) is 0 Å². The van der Waals surface area contributed by atoms with Crippen LogP contribution in [0.1, 0.15) is 18.5 Å². The van der Waals surface area contributed by atoms with E-state index in [0.29, 0.717) is 30.8 Å². The Balaban J connectivity index is 0.00000105. The van der Waals surface area contributed by atoms with E-state index < -0.39 is 0 Å². The molecule has 10 heteroatoms.